The zero-order chi connectivity index (χ0) is 20.9. The molecule has 158 valence electrons. The number of fused-ring (bicyclic) bond motifs is 4. The van der Waals surface area contributed by atoms with Gasteiger partial charge in [0.2, 0.25) is 5.89 Å². The number of anilines is 1. The maximum Gasteiger partial charge on any atom is 0.248 e. The molecule has 0 unspecified atom stereocenters. The van der Waals surface area contributed by atoms with Crippen LogP contribution in [0.3, 0.4) is 0 Å². The predicted octanol–water partition coefficient (Wildman–Crippen LogP) is 4.85. The number of oxazole rings is 1. The molecule has 3 saturated carbocycles. The Hall–Kier alpha value is -3.07. The van der Waals surface area contributed by atoms with Gasteiger partial charge in [0.05, 0.1) is 18.0 Å². The molecule has 10 heteroatoms. The van der Waals surface area contributed by atoms with E-state index in [1.165, 1.54) is 44.3 Å². The highest BCUT2D eigenvalue weighted by Gasteiger charge is 2.36. The largest absolute Gasteiger partial charge is 0.443 e. The minimum Gasteiger partial charge on any atom is -0.443 e. The van der Waals surface area contributed by atoms with Gasteiger partial charge in [0.15, 0.2) is 28.8 Å². The van der Waals surface area contributed by atoms with Crippen LogP contribution in [-0.4, -0.2) is 35.9 Å². The van der Waals surface area contributed by atoms with Crippen molar-refractivity contribution in [2.45, 2.75) is 38.1 Å². The van der Waals surface area contributed by atoms with E-state index in [9.17, 15) is 0 Å². The van der Waals surface area contributed by atoms with Gasteiger partial charge in [-0.2, -0.15) is 0 Å². The fraction of sp³-hybridized carbons (Fsp3) is 0.381. The summed E-state index contributed by atoms with van der Waals surface area (Å²) in [7, 11) is 0. The summed E-state index contributed by atoms with van der Waals surface area (Å²) in [6.45, 7) is 0. The Bertz CT molecular complexity index is 1250. The van der Waals surface area contributed by atoms with Crippen LogP contribution in [0, 0.1) is 17.7 Å². The molecule has 3 fully saturated rings. The highest BCUT2D eigenvalue weighted by molar-refractivity contribution is 6.29. The first kappa shape index (κ1) is 18.7. The van der Waals surface area contributed by atoms with Crippen molar-refractivity contribution in [2.75, 3.05) is 5.32 Å². The molecular formula is C21H19ClFN7O. The number of H-pyrrole nitrogens is 1. The van der Waals surface area contributed by atoms with Crippen LogP contribution in [0.5, 0.6) is 0 Å². The fourth-order valence-corrected chi connectivity index (χ4v) is 5.05. The molecule has 0 amide bonds. The Labute approximate surface area is 181 Å². The highest BCUT2D eigenvalue weighted by Crippen LogP contribution is 2.43. The van der Waals surface area contributed by atoms with Gasteiger partial charge in [-0.1, -0.05) is 24.4 Å². The molecule has 8 nitrogen and oxygen atoms in total. The minimum atomic E-state index is -0.573. The Kier molecular flexibility index (Phi) is 4.38. The zero-order valence-electron chi connectivity index (χ0n) is 16.5. The number of halogens is 2. The van der Waals surface area contributed by atoms with Crippen molar-refractivity contribution in [1.29, 1.82) is 0 Å². The van der Waals surface area contributed by atoms with Gasteiger partial charge in [-0.05, 0) is 31.1 Å². The van der Waals surface area contributed by atoms with Gasteiger partial charge in [-0.3, -0.25) is 0 Å². The molecule has 2 bridgehead atoms. The van der Waals surface area contributed by atoms with Crippen molar-refractivity contribution >= 4 is 28.6 Å². The van der Waals surface area contributed by atoms with Gasteiger partial charge in [-0.25, -0.2) is 29.3 Å². The number of hydrogen-bond acceptors (Lipinski definition) is 7. The van der Waals surface area contributed by atoms with Crippen LogP contribution in [-0.2, 0) is 0 Å². The van der Waals surface area contributed by atoms with E-state index in [-0.39, 0.29) is 28.6 Å². The summed E-state index contributed by atoms with van der Waals surface area (Å²) < 4.78 is 20.8. The molecule has 4 heterocycles. The third kappa shape index (κ3) is 3.23. The Morgan fingerprint density at radius 2 is 2.00 bits per heavy atom. The molecule has 31 heavy (non-hydrogen) atoms. The first-order valence-electron chi connectivity index (χ1n) is 10.4. The number of nitrogens with one attached hydrogen (secondary N) is 2. The Morgan fingerprint density at radius 1 is 1.13 bits per heavy atom. The van der Waals surface area contributed by atoms with Crippen LogP contribution in [0.15, 0.2) is 29.3 Å². The number of hydrogen-bond donors (Lipinski definition) is 2. The van der Waals surface area contributed by atoms with Crippen LogP contribution >= 0.6 is 11.6 Å². The summed E-state index contributed by atoms with van der Waals surface area (Å²) in [5.41, 5.74) is 1.64. The molecule has 0 aromatic carbocycles. The molecule has 0 saturated heterocycles. The highest BCUT2D eigenvalue weighted by atomic mass is 35.5. The summed E-state index contributed by atoms with van der Waals surface area (Å²) in [5, 5.41) is 3.63. The molecule has 0 aliphatic heterocycles. The first-order chi connectivity index (χ1) is 15.2. The zero-order valence-corrected chi connectivity index (χ0v) is 17.2. The van der Waals surface area contributed by atoms with Gasteiger partial charge >= 0.3 is 0 Å². The molecule has 3 aliphatic carbocycles. The van der Waals surface area contributed by atoms with Crippen molar-refractivity contribution in [1.82, 2.24) is 29.9 Å². The average molecular weight is 440 g/mol. The smallest absolute Gasteiger partial charge is 0.248 e. The summed E-state index contributed by atoms with van der Waals surface area (Å²) in [6, 6.07) is 0.194. The number of rotatable bonds is 4. The first-order valence-corrected chi connectivity index (χ1v) is 10.8. The maximum absolute atomic E-state index is 15.5. The lowest BCUT2D eigenvalue weighted by Crippen LogP contribution is -2.40. The third-order valence-corrected chi connectivity index (χ3v) is 6.63. The predicted molar refractivity (Wildman–Crippen MR) is 113 cm³/mol. The monoisotopic (exact) mass is 439 g/mol. The molecule has 4 aromatic heterocycles. The van der Waals surface area contributed by atoms with E-state index in [1.54, 1.807) is 6.20 Å². The van der Waals surface area contributed by atoms with E-state index in [2.05, 4.69) is 35.2 Å². The second-order valence-electron chi connectivity index (χ2n) is 8.26. The van der Waals surface area contributed by atoms with Gasteiger partial charge in [0.1, 0.15) is 16.9 Å². The Morgan fingerprint density at radius 3 is 2.74 bits per heavy atom. The van der Waals surface area contributed by atoms with Gasteiger partial charge in [0.25, 0.3) is 0 Å². The number of nitrogens with zero attached hydrogens (tertiary/aromatic N) is 5. The summed E-state index contributed by atoms with van der Waals surface area (Å²) in [4.78, 5) is 24.7. The quantitative estimate of drug-likeness (QED) is 0.468. The standard InChI is InChI=1S/C21H19ClFN7O/c22-14-9-26-20-16(28-14)12(8-25-20)18-29-17(21-24-5-6-31-21)15(23)19(30-18)27-13-7-10-1-3-11(13)4-2-10/h5-6,8-11,13H,1-4,7H2,(H,25,26)(H,27,29,30)/t10?,11?,13-/m1/s1. The topological polar surface area (TPSA) is 105 Å². The normalized spacial score (nSPS) is 22.8. The molecule has 1 atom stereocenters. The average Bonchev–Trinajstić information content (AvgIpc) is 3.46. The van der Waals surface area contributed by atoms with E-state index in [0.717, 1.165) is 6.42 Å². The molecule has 4 aromatic rings. The number of aromatic amines is 1. The van der Waals surface area contributed by atoms with E-state index < -0.39 is 5.82 Å². The van der Waals surface area contributed by atoms with E-state index in [0.29, 0.717) is 34.4 Å². The minimum absolute atomic E-state index is 0.00260. The molecule has 0 radical (unpaired) electrons. The lowest BCUT2D eigenvalue weighted by molar-refractivity contribution is 0.157. The lowest BCUT2D eigenvalue weighted by atomic mass is 9.68. The van der Waals surface area contributed by atoms with Gasteiger partial charge in [-0.15, -0.1) is 0 Å². The second-order valence-corrected chi connectivity index (χ2v) is 8.64. The van der Waals surface area contributed by atoms with Crippen molar-refractivity contribution in [2.24, 2.45) is 11.8 Å². The third-order valence-electron chi connectivity index (χ3n) is 6.45. The molecule has 0 spiro atoms. The van der Waals surface area contributed by atoms with Crippen molar-refractivity contribution in [3.8, 4) is 23.0 Å². The number of aromatic nitrogens is 6. The van der Waals surface area contributed by atoms with E-state index >= 15 is 4.39 Å². The van der Waals surface area contributed by atoms with E-state index in [1.807, 2.05) is 0 Å². The van der Waals surface area contributed by atoms with E-state index in [4.69, 9.17) is 16.0 Å². The van der Waals surface area contributed by atoms with Crippen LogP contribution in [0.4, 0.5) is 10.2 Å². The van der Waals surface area contributed by atoms with Crippen LogP contribution in [0.25, 0.3) is 34.1 Å². The molecule has 3 aliphatic rings. The second kappa shape index (κ2) is 7.26. The van der Waals surface area contributed by atoms with Crippen LogP contribution in [0.1, 0.15) is 32.1 Å². The van der Waals surface area contributed by atoms with Crippen molar-refractivity contribution in [3.05, 3.63) is 35.8 Å². The molecule has 2 N–H and O–H groups in total. The lowest BCUT2D eigenvalue weighted by Gasteiger charge is -2.42. The summed E-state index contributed by atoms with van der Waals surface area (Å²) in [5.74, 6) is 1.20. The Balaban J connectivity index is 1.47. The van der Waals surface area contributed by atoms with Crippen LogP contribution < -0.4 is 5.32 Å². The van der Waals surface area contributed by atoms with Crippen molar-refractivity contribution < 1.29 is 8.81 Å². The van der Waals surface area contributed by atoms with Gasteiger partial charge in [0, 0.05) is 12.2 Å². The van der Waals surface area contributed by atoms with Crippen LogP contribution in [0.2, 0.25) is 5.15 Å². The molecular weight excluding hydrogens is 421 g/mol. The van der Waals surface area contributed by atoms with Gasteiger partial charge < -0.3 is 14.7 Å². The summed E-state index contributed by atoms with van der Waals surface area (Å²) in [6.07, 6.45) is 11.9. The van der Waals surface area contributed by atoms with Crippen molar-refractivity contribution in [3.63, 3.8) is 0 Å². The fourth-order valence-electron chi connectivity index (χ4n) is 4.92. The SMILES string of the molecule is Fc1c(N[C@@H]2CC3CCC2CC3)nc(-c2c[nH]c3ncc(Cl)nc23)nc1-c1ncco1. The molecule has 7 rings (SSSR count). The summed E-state index contributed by atoms with van der Waals surface area (Å²) >= 11 is 6.04. The maximum atomic E-state index is 15.5.